The highest BCUT2D eigenvalue weighted by molar-refractivity contribution is 5.15. The molecule has 0 fully saturated rings. The van der Waals surface area contributed by atoms with E-state index in [1.807, 2.05) is 0 Å². The smallest absolute Gasteiger partial charge is 0.295 e. The molecule has 0 amide bonds. The molecule has 1 aromatic heterocycles. The first kappa shape index (κ1) is 8.68. The minimum Gasteiger partial charge on any atom is -0.295 e. The highest BCUT2D eigenvalue weighted by atomic mass is 19.1. The van der Waals surface area contributed by atoms with E-state index >= 15 is 0 Å². The van der Waals surface area contributed by atoms with Gasteiger partial charge < -0.3 is 0 Å². The van der Waals surface area contributed by atoms with E-state index in [0.717, 1.165) is 5.56 Å². The summed E-state index contributed by atoms with van der Waals surface area (Å²) < 4.78 is 13.8. The topological polar surface area (TPSA) is 50.7 Å². The summed E-state index contributed by atoms with van der Waals surface area (Å²) in [4.78, 5) is 13.5. The number of rotatable bonds is 2. The second kappa shape index (κ2) is 3.45. The van der Waals surface area contributed by atoms with Crippen LogP contribution in [0.1, 0.15) is 5.56 Å². The molecule has 0 bridgehead atoms. The minimum absolute atomic E-state index is 0.269. The summed E-state index contributed by atoms with van der Waals surface area (Å²) in [5.41, 5.74) is 0.565. The number of nitrogens with one attached hydrogen (secondary N) is 1. The number of halogens is 1. The Morgan fingerprint density at radius 2 is 2.07 bits per heavy atom. The number of benzene rings is 1. The third kappa shape index (κ3) is 1.71. The Morgan fingerprint density at radius 3 is 2.64 bits per heavy atom. The second-order valence-electron chi connectivity index (χ2n) is 2.88. The number of aromatic amines is 1. The van der Waals surface area contributed by atoms with Crippen molar-refractivity contribution in [1.82, 2.24) is 14.8 Å². The second-order valence-corrected chi connectivity index (χ2v) is 2.88. The van der Waals surface area contributed by atoms with Crippen LogP contribution >= 0.6 is 0 Å². The first-order valence-corrected chi connectivity index (χ1v) is 4.10. The predicted molar refractivity (Wildman–Crippen MR) is 48.3 cm³/mol. The summed E-state index contributed by atoms with van der Waals surface area (Å²) in [7, 11) is 0. The zero-order valence-corrected chi connectivity index (χ0v) is 7.27. The van der Waals surface area contributed by atoms with Crippen LogP contribution in [0.5, 0.6) is 0 Å². The average Bonchev–Trinajstić information content (AvgIpc) is 2.56. The van der Waals surface area contributed by atoms with Gasteiger partial charge in [-0.3, -0.25) is 4.98 Å². The van der Waals surface area contributed by atoms with Crippen molar-refractivity contribution in [3.05, 3.63) is 52.5 Å². The van der Waals surface area contributed by atoms with E-state index in [9.17, 15) is 9.18 Å². The Balaban J connectivity index is 2.23. The van der Waals surface area contributed by atoms with Gasteiger partial charge in [0.15, 0.2) is 0 Å². The molecule has 4 nitrogen and oxygen atoms in total. The largest absolute Gasteiger partial charge is 0.343 e. The van der Waals surface area contributed by atoms with E-state index in [1.54, 1.807) is 12.1 Å². The van der Waals surface area contributed by atoms with E-state index in [0.29, 0.717) is 6.54 Å². The molecule has 0 aliphatic carbocycles. The molecule has 2 aromatic rings. The number of hydrogen-bond donors (Lipinski definition) is 1. The molecule has 72 valence electrons. The van der Waals surface area contributed by atoms with Gasteiger partial charge in [-0.15, -0.1) is 0 Å². The first-order valence-electron chi connectivity index (χ1n) is 4.10. The maximum Gasteiger partial charge on any atom is 0.343 e. The van der Waals surface area contributed by atoms with E-state index in [-0.39, 0.29) is 11.5 Å². The van der Waals surface area contributed by atoms with Crippen LogP contribution < -0.4 is 5.69 Å². The molecule has 1 aromatic carbocycles. The van der Waals surface area contributed by atoms with Gasteiger partial charge in [-0.1, -0.05) is 12.1 Å². The zero-order chi connectivity index (χ0) is 9.97. The molecular weight excluding hydrogens is 185 g/mol. The van der Waals surface area contributed by atoms with Crippen LogP contribution in [-0.2, 0) is 6.54 Å². The standard InChI is InChI=1S/C9H8FN3O/c10-8-3-1-7(2-4-8)5-13-9(14)11-6-12-13/h1-4,6H,5H2,(H,11,12,14). The summed E-state index contributed by atoms with van der Waals surface area (Å²) in [5.74, 6) is -0.289. The zero-order valence-electron chi connectivity index (χ0n) is 7.27. The van der Waals surface area contributed by atoms with Crippen molar-refractivity contribution in [2.24, 2.45) is 0 Å². The maximum absolute atomic E-state index is 12.6. The van der Waals surface area contributed by atoms with Gasteiger partial charge in [-0.25, -0.2) is 13.9 Å². The van der Waals surface area contributed by atoms with Gasteiger partial charge >= 0.3 is 5.69 Å². The Bertz CT molecular complexity index is 471. The average molecular weight is 193 g/mol. The predicted octanol–water partition coefficient (Wildman–Crippen LogP) is 0.759. The van der Waals surface area contributed by atoms with Crippen LogP contribution in [0, 0.1) is 5.82 Å². The fourth-order valence-corrected chi connectivity index (χ4v) is 1.16. The summed E-state index contributed by atoms with van der Waals surface area (Å²) in [6, 6.07) is 5.95. The fraction of sp³-hybridized carbons (Fsp3) is 0.111. The normalized spacial score (nSPS) is 10.4. The van der Waals surface area contributed by atoms with E-state index in [1.165, 1.54) is 23.1 Å². The van der Waals surface area contributed by atoms with Crippen LogP contribution in [0.3, 0.4) is 0 Å². The molecule has 0 aliphatic rings. The first-order chi connectivity index (χ1) is 6.75. The Labute approximate surface area is 79.0 Å². The van der Waals surface area contributed by atoms with Crippen molar-refractivity contribution in [2.75, 3.05) is 0 Å². The quantitative estimate of drug-likeness (QED) is 0.765. The van der Waals surface area contributed by atoms with E-state index in [2.05, 4.69) is 10.1 Å². The lowest BCUT2D eigenvalue weighted by Crippen LogP contribution is -2.18. The van der Waals surface area contributed by atoms with E-state index < -0.39 is 0 Å². The molecular formula is C9H8FN3O. The number of aromatic nitrogens is 3. The van der Waals surface area contributed by atoms with Gasteiger partial charge in [0, 0.05) is 0 Å². The molecule has 1 heterocycles. The van der Waals surface area contributed by atoms with Crippen LogP contribution in [0.15, 0.2) is 35.4 Å². The van der Waals surface area contributed by atoms with Crippen molar-refractivity contribution < 1.29 is 4.39 Å². The monoisotopic (exact) mass is 193 g/mol. The molecule has 5 heteroatoms. The lowest BCUT2D eigenvalue weighted by Gasteiger charge is -1.99. The van der Waals surface area contributed by atoms with Crippen LogP contribution in [0.2, 0.25) is 0 Å². The number of hydrogen-bond acceptors (Lipinski definition) is 2. The van der Waals surface area contributed by atoms with Crippen molar-refractivity contribution >= 4 is 0 Å². The number of nitrogens with zero attached hydrogens (tertiary/aromatic N) is 2. The SMILES string of the molecule is O=c1[nH]cnn1Cc1ccc(F)cc1. The lowest BCUT2D eigenvalue weighted by molar-refractivity contribution is 0.622. The van der Waals surface area contributed by atoms with Crippen molar-refractivity contribution in [2.45, 2.75) is 6.54 Å². The van der Waals surface area contributed by atoms with Crippen LogP contribution in [0.25, 0.3) is 0 Å². The van der Waals surface area contributed by atoms with Gasteiger partial charge in [0.2, 0.25) is 0 Å². The van der Waals surface area contributed by atoms with Crippen LogP contribution in [0.4, 0.5) is 4.39 Å². The molecule has 0 saturated carbocycles. The molecule has 0 spiro atoms. The van der Waals surface area contributed by atoms with E-state index in [4.69, 9.17) is 0 Å². The van der Waals surface area contributed by atoms with Crippen molar-refractivity contribution in [3.63, 3.8) is 0 Å². The lowest BCUT2D eigenvalue weighted by atomic mass is 10.2. The van der Waals surface area contributed by atoms with Gasteiger partial charge in [-0.05, 0) is 17.7 Å². The fourth-order valence-electron chi connectivity index (χ4n) is 1.16. The molecule has 14 heavy (non-hydrogen) atoms. The molecule has 2 rings (SSSR count). The summed E-state index contributed by atoms with van der Waals surface area (Å²) in [5, 5.41) is 3.79. The maximum atomic E-state index is 12.6. The Morgan fingerprint density at radius 1 is 1.36 bits per heavy atom. The third-order valence-electron chi connectivity index (χ3n) is 1.87. The summed E-state index contributed by atoms with van der Waals surface area (Å²) in [6.07, 6.45) is 1.33. The van der Waals surface area contributed by atoms with Crippen LogP contribution in [-0.4, -0.2) is 14.8 Å². The minimum atomic E-state index is -0.289. The molecule has 0 radical (unpaired) electrons. The highest BCUT2D eigenvalue weighted by Crippen LogP contribution is 2.02. The molecule has 1 N–H and O–H groups in total. The highest BCUT2D eigenvalue weighted by Gasteiger charge is 1.99. The number of H-pyrrole nitrogens is 1. The molecule has 0 aliphatic heterocycles. The molecule has 0 saturated heterocycles. The Kier molecular flexibility index (Phi) is 2.14. The van der Waals surface area contributed by atoms with Gasteiger partial charge in [-0.2, -0.15) is 5.10 Å². The summed E-state index contributed by atoms with van der Waals surface area (Å²) >= 11 is 0. The third-order valence-corrected chi connectivity index (χ3v) is 1.87. The van der Waals surface area contributed by atoms with Gasteiger partial charge in [0.05, 0.1) is 6.54 Å². The molecule has 0 unspecified atom stereocenters. The Hall–Kier alpha value is -1.91. The summed E-state index contributed by atoms with van der Waals surface area (Å²) in [6.45, 7) is 0.350. The molecule has 0 atom stereocenters. The van der Waals surface area contributed by atoms with Crippen molar-refractivity contribution in [1.29, 1.82) is 0 Å². The van der Waals surface area contributed by atoms with Gasteiger partial charge in [0.1, 0.15) is 12.1 Å². The van der Waals surface area contributed by atoms with Crippen molar-refractivity contribution in [3.8, 4) is 0 Å². The van der Waals surface area contributed by atoms with Gasteiger partial charge in [0.25, 0.3) is 0 Å².